The van der Waals surface area contributed by atoms with Gasteiger partial charge in [-0.05, 0) is 6.92 Å². The summed E-state index contributed by atoms with van der Waals surface area (Å²) in [5.41, 5.74) is -0.0864. The van der Waals surface area contributed by atoms with Crippen LogP contribution in [0.4, 0.5) is 0 Å². The SMILES string of the molecule is CCO[C@@H]1C[C@]2(COC(=O)C2)CO1. The van der Waals surface area contributed by atoms with E-state index in [9.17, 15) is 4.79 Å². The highest BCUT2D eigenvalue weighted by molar-refractivity contribution is 5.72. The van der Waals surface area contributed by atoms with Crippen LogP contribution >= 0.6 is 0 Å². The van der Waals surface area contributed by atoms with E-state index in [1.807, 2.05) is 6.92 Å². The first-order valence-electron chi connectivity index (χ1n) is 4.63. The topological polar surface area (TPSA) is 44.8 Å². The predicted molar refractivity (Wildman–Crippen MR) is 44.0 cm³/mol. The number of carbonyl (C=O) groups is 1. The molecule has 2 aliphatic heterocycles. The summed E-state index contributed by atoms with van der Waals surface area (Å²) in [7, 11) is 0. The lowest BCUT2D eigenvalue weighted by atomic mass is 9.86. The summed E-state index contributed by atoms with van der Waals surface area (Å²) in [6.07, 6.45) is 1.13. The van der Waals surface area contributed by atoms with Crippen molar-refractivity contribution in [3.8, 4) is 0 Å². The van der Waals surface area contributed by atoms with E-state index in [4.69, 9.17) is 14.2 Å². The van der Waals surface area contributed by atoms with Crippen LogP contribution < -0.4 is 0 Å². The van der Waals surface area contributed by atoms with Gasteiger partial charge in [0.1, 0.15) is 0 Å². The van der Waals surface area contributed by atoms with Crippen LogP contribution in [0.2, 0.25) is 0 Å². The molecule has 4 nitrogen and oxygen atoms in total. The number of ether oxygens (including phenoxy) is 3. The van der Waals surface area contributed by atoms with Gasteiger partial charge in [-0.2, -0.15) is 0 Å². The molecule has 13 heavy (non-hydrogen) atoms. The van der Waals surface area contributed by atoms with Crippen LogP contribution in [0.15, 0.2) is 0 Å². The summed E-state index contributed by atoms with van der Waals surface area (Å²) in [5, 5.41) is 0. The lowest BCUT2D eigenvalue weighted by Gasteiger charge is -2.15. The summed E-state index contributed by atoms with van der Waals surface area (Å²) in [5.74, 6) is -0.110. The molecule has 0 N–H and O–H groups in total. The molecular weight excluding hydrogens is 172 g/mol. The Morgan fingerprint density at radius 2 is 2.46 bits per heavy atom. The van der Waals surface area contributed by atoms with E-state index < -0.39 is 0 Å². The Balaban J connectivity index is 1.93. The summed E-state index contributed by atoms with van der Waals surface area (Å²) in [6, 6.07) is 0. The number of esters is 1. The molecular formula is C9H14O4. The summed E-state index contributed by atoms with van der Waals surface area (Å²) in [4.78, 5) is 11.0. The first kappa shape index (κ1) is 8.97. The second-order valence-corrected chi connectivity index (χ2v) is 3.74. The van der Waals surface area contributed by atoms with Gasteiger partial charge in [-0.15, -0.1) is 0 Å². The third-order valence-corrected chi connectivity index (χ3v) is 2.59. The molecule has 2 rings (SSSR count). The minimum atomic E-state index is -0.139. The summed E-state index contributed by atoms with van der Waals surface area (Å²) >= 11 is 0. The maximum atomic E-state index is 11.0. The van der Waals surface area contributed by atoms with E-state index in [2.05, 4.69) is 0 Å². The Bertz CT molecular complexity index is 216. The highest BCUT2D eigenvalue weighted by Crippen LogP contribution is 2.40. The minimum absolute atomic E-state index is 0.0864. The molecule has 0 unspecified atom stereocenters. The molecule has 0 aromatic carbocycles. The van der Waals surface area contributed by atoms with E-state index in [0.717, 1.165) is 6.42 Å². The first-order valence-corrected chi connectivity index (χ1v) is 4.63. The van der Waals surface area contributed by atoms with Crippen LogP contribution in [0.25, 0.3) is 0 Å². The molecule has 0 aromatic rings. The molecule has 0 aliphatic carbocycles. The average molecular weight is 186 g/mol. The fraction of sp³-hybridized carbons (Fsp3) is 0.889. The predicted octanol–water partition coefficient (Wildman–Crippen LogP) is 0.703. The van der Waals surface area contributed by atoms with Crippen LogP contribution in [-0.4, -0.2) is 32.1 Å². The fourth-order valence-electron chi connectivity index (χ4n) is 1.90. The Morgan fingerprint density at radius 1 is 1.62 bits per heavy atom. The highest BCUT2D eigenvalue weighted by Gasteiger charge is 2.47. The number of hydrogen-bond acceptors (Lipinski definition) is 4. The molecule has 0 bridgehead atoms. The number of cyclic esters (lactones) is 1. The zero-order valence-corrected chi connectivity index (χ0v) is 7.75. The number of hydrogen-bond donors (Lipinski definition) is 0. The zero-order chi connectivity index (χ0) is 9.31. The summed E-state index contributed by atoms with van der Waals surface area (Å²) in [6.45, 7) is 3.67. The Hall–Kier alpha value is -0.610. The molecule has 2 aliphatic rings. The van der Waals surface area contributed by atoms with Crippen molar-refractivity contribution in [1.82, 2.24) is 0 Å². The second kappa shape index (κ2) is 3.27. The van der Waals surface area contributed by atoms with Crippen molar-refractivity contribution < 1.29 is 19.0 Å². The van der Waals surface area contributed by atoms with Gasteiger partial charge >= 0.3 is 5.97 Å². The van der Waals surface area contributed by atoms with Crippen LogP contribution in [0.5, 0.6) is 0 Å². The molecule has 2 saturated heterocycles. The van der Waals surface area contributed by atoms with E-state index >= 15 is 0 Å². The smallest absolute Gasteiger partial charge is 0.306 e. The quantitative estimate of drug-likeness (QED) is 0.595. The first-order chi connectivity index (χ1) is 6.24. The molecule has 0 saturated carbocycles. The molecule has 0 radical (unpaired) electrons. The second-order valence-electron chi connectivity index (χ2n) is 3.74. The van der Waals surface area contributed by atoms with Gasteiger partial charge in [0.25, 0.3) is 0 Å². The van der Waals surface area contributed by atoms with Crippen LogP contribution in [0.3, 0.4) is 0 Å². The number of carbonyl (C=O) groups excluding carboxylic acids is 1. The third kappa shape index (κ3) is 1.69. The fourth-order valence-corrected chi connectivity index (χ4v) is 1.90. The standard InChI is InChI=1S/C9H14O4/c1-2-11-8-4-9(6-13-8)3-7(10)12-5-9/h8H,2-6H2,1H3/t8-,9+/m0/s1. The van der Waals surface area contributed by atoms with Gasteiger partial charge in [0, 0.05) is 18.4 Å². The van der Waals surface area contributed by atoms with Gasteiger partial charge in [0.05, 0.1) is 19.6 Å². The van der Waals surface area contributed by atoms with Crippen molar-refractivity contribution in [1.29, 1.82) is 0 Å². The van der Waals surface area contributed by atoms with E-state index in [1.54, 1.807) is 0 Å². The molecule has 2 fully saturated rings. The largest absolute Gasteiger partial charge is 0.465 e. The lowest BCUT2D eigenvalue weighted by molar-refractivity contribution is -0.137. The van der Waals surface area contributed by atoms with Crippen molar-refractivity contribution in [2.75, 3.05) is 19.8 Å². The van der Waals surface area contributed by atoms with Gasteiger partial charge in [0.15, 0.2) is 6.29 Å². The van der Waals surface area contributed by atoms with Crippen LogP contribution in [0, 0.1) is 5.41 Å². The molecule has 0 aromatic heterocycles. The molecule has 0 amide bonds. The monoisotopic (exact) mass is 186 g/mol. The minimum Gasteiger partial charge on any atom is -0.465 e. The third-order valence-electron chi connectivity index (χ3n) is 2.59. The molecule has 4 heteroatoms. The average Bonchev–Trinajstić information content (AvgIpc) is 2.62. The lowest BCUT2D eigenvalue weighted by Crippen LogP contribution is -2.21. The normalized spacial score (nSPS) is 38.5. The van der Waals surface area contributed by atoms with E-state index in [-0.39, 0.29) is 17.7 Å². The summed E-state index contributed by atoms with van der Waals surface area (Å²) < 4.78 is 15.7. The van der Waals surface area contributed by atoms with Crippen molar-refractivity contribution in [2.24, 2.45) is 5.41 Å². The Morgan fingerprint density at radius 3 is 3.08 bits per heavy atom. The van der Waals surface area contributed by atoms with Crippen molar-refractivity contribution in [3.05, 3.63) is 0 Å². The van der Waals surface area contributed by atoms with Crippen LogP contribution in [-0.2, 0) is 19.0 Å². The van der Waals surface area contributed by atoms with Gasteiger partial charge in [-0.25, -0.2) is 0 Å². The van der Waals surface area contributed by atoms with Crippen molar-refractivity contribution in [2.45, 2.75) is 26.1 Å². The Kier molecular flexibility index (Phi) is 2.26. The van der Waals surface area contributed by atoms with Crippen LogP contribution in [0.1, 0.15) is 19.8 Å². The molecule has 2 atom stereocenters. The van der Waals surface area contributed by atoms with E-state index in [1.165, 1.54) is 0 Å². The molecule has 2 heterocycles. The van der Waals surface area contributed by atoms with Gasteiger partial charge in [-0.3, -0.25) is 4.79 Å². The van der Waals surface area contributed by atoms with Gasteiger partial charge in [0.2, 0.25) is 0 Å². The molecule has 74 valence electrons. The van der Waals surface area contributed by atoms with Gasteiger partial charge < -0.3 is 14.2 Å². The molecule has 1 spiro atoms. The van der Waals surface area contributed by atoms with Gasteiger partial charge in [-0.1, -0.05) is 0 Å². The highest BCUT2D eigenvalue weighted by atomic mass is 16.7. The van der Waals surface area contributed by atoms with Crippen molar-refractivity contribution >= 4 is 5.97 Å². The maximum Gasteiger partial charge on any atom is 0.306 e. The zero-order valence-electron chi connectivity index (χ0n) is 7.75. The van der Waals surface area contributed by atoms with Crippen molar-refractivity contribution in [3.63, 3.8) is 0 Å². The maximum absolute atomic E-state index is 11.0. The van der Waals surface area contributed by atoms with E-state index in [0.29, 0.717) is 26.2 Å². The Labute approximate surface area is 77.1 Å². The number of rotatable bonds is 2.